The van der Waals surface area contributed by atoms with E-state index in [4.69, 9.17) is 39.5 Å². The van der Waals surface area contributed by atoms with Crippen LogP contribution >= 0.6 is 34.8 Å². The van der Waals surface area contributed by atoms with Crippen molar-refractivity contribution in [2.45, 2.75) is 42.8 Å². The van der Waals surface area contributed by atoms with Crippen LogP contribution in [0.2, 0.25) is 0 Å². The first-order chi connectivity index (χ1) is 6.35. The molecule has 0 fully saturated rings. The molecule has 14 heavy (non-hydrogen) atoms. The molecule has 0 aromatic heterocycles. The van der Waals surface area contributed by atoms with Crippen molar-refractivity contribution in [2.75, 3.05) is 6.61 Å². The number of hydrogen-bond donors (Lipinski definition) is 0. The number of alkyl halides is 3. The van der Waals surface area contributed by atoms with Crippen LogP contribution in [0.4, 0.5) is 0 Å². The molecule has 1 atom stereocenters. The molecule has 0 aliphatic rings. The molecule has 0 N–H and O–H groups in total. The fourth-order valence-electron chi connectivity index (χ4n) is 1.08. The largest absolute Gasteiger partial charge is 0.465 e. The molecule has 0 aromatic carbocycles. The van der Waals surface area contributed by atoms with Crippen molar-refractivity contribution < 1.29 is 9.53 Å². The Morgan fingerprint density at radius 3 is 1.93 bits per heavy atom. The molecule has 2 nitrogen and oxygen atoms in total. The summed E-state index contributed by atoms with van der Waals surface area (Å²) in [4.78, 5) is 10.2. The van der Waals surface area contributed by atoms with Gasteiger partial charge >= 0.3 is 5.97 Å². The first-order valence-corrected chi connectivity index (χ1v) is 5.73. The zero-order chi connectivity index (χ0) is 11.4. The average molecular weight is 262 g/mol. The monoisotopic (exact) mass is 260 g/mol. The van der Waals surface area contributed by atoms with Crippen LogP contribution in [0.15, 0.2) is 0 Å². The van der Waals surface area contributed by atoms with Gasteiger partial charge in [-0.2, -0.15) is 0 Å². The third-order valence-corrected chi connectivity index (χ3v) is 4.23. The van der Waals surface area contributed by atoms with Crippen molar-refractivity contribution in [2.24, 2.45) is 0 Å². The maximum absolute atomic E-state index is 11.6. The van der Waals surface area contributed by atoms with Gasteiger partial charge in [-0.3, -0.25) is 4.79 Å². The number of rotatable bonds is 5. The Bertz CT molecular complexity index is 206. The highest BCUT2D eigenvalue weighted by molar-refractivity contribution is 6.56. The lowest BCUT2D eigenvalue weighted by Crippen LogP contribution is -2.48. The van der Waals surface area contributed by atoms with Crippen molar-refractivity contribution >= 4 is 40.8 Å². The molecule has 0 saturated heterocycles. The average Bonchev–Trinajstić information content (AvgIpc) is 2.16. The van der Waals surface area contributed by atoms with Crippen LogP contribution in [-0.4, -0.2) is 21.8 Å². The van der Waals surface area contributed by atoms with Gasteiger partial charge in [-0.05, 0) is 19.8 Å². The molecular formula is C9H15Cl3O2. The van der Waals surface area contributed by atoms with E-state index in [-0.39, 0.29) is 6.61 Å². The smallest absolute Gasteiger partial charge is 0.330 e. The Hall–Kier alpha value is 0.340. The maximum atomic E-state index is 11.6. The highest BCUT2D eigenvalue weighted by atomic mass is 35.5. The minimum absolute atomic E-state index is 0.265. The molecule has 0 heterocycles. The van der Waals surface area contributed by atoms with Gasteiger partial charge in [0.2, 0.25) is 0 Å². The van der Waals surface area contributed by atoms with Crippen molar-refractivity contribution in [3.8, 4) is 0 Å². The second-order valence-corrected chi connectivity index (χ2v) is 5.06. The normalized spacial score (nSPS) is 16.1. The predicted molar refractivity (Wildman–Crippen MR) is 60.2 cm³/mol. The Labute approximate surface area is 99.8 Å². The molecule has 1 unspecified atom stereocenters. The minimum Gasteiger partial charge on any atom is -0.465 e. The van der Waals surface area contributed by atoms with Crippen molar-refractivity contribution in [1.82, 2.24) is 0 Å². The standard InChI is InChI=1S/C9H15Cl3O2/c1-4-8(10,7(13)14-6-3)9(11,12)5-2/h4-6H2,1-3H3. The van der Waals surface area contributed by atoms with Gasteiger partial charge in [0.25, 0.3) is 0 Å². The summed E-state index contributed by atoms with van der Waals surface area (Å²) in [6.07, 6.45) is 0.709. The van der Waals surface area contributed by atoms with Crippen LogP contribution in [-0.2, 0) is 9.53 Å². The molecular weight excluding hydrogens is 246 g/mol. The summed E-state index contributed by atoms with van der Waals surface area (Å²) in [6.45, 7) is 5.49. The number of carbonyl (C=O) groups excluding carboxylic acids is 1. The highest BCUT2D eigenvalue weighted by Gasteiger charge is 2.52. The predicted octanol–water partition coefficient (Wildman–Crippen LogP) is 3.52. The summed E-state index contributed by atoms with van der Waals surface area (Å²) in [5.74, 6) is -0.559. The van der Waals surface area contributed by atoms with Crippen LogP contribution in [0.25, 0.3) is 0 Å². The molecule has 0 rings (SSSR count). The number of ether oxygens (including phenoxy) is 1. The molecule has 0 spiro atoms. The summed E-state index contributed by atoms with van der Waals surface area (Å²) >= 11 is 18.1. The molecule has 0 aromatic rings. The Kier molecular flexibility index (Phi) is 5.56. The van der Waals surface area contributed by atoms with E-state index >= 15 is 0 Å². The quantitative estimate of drug-likeness (QED) is 0.559. The number of hydrogen-bond acceptors (Lipinski definition) is 2. The molecule has 0 aliphatic heterocycles. The van der Waals surface area contributed by atoms with Gasteiger partial charge in [-0.15, -0.1) is 11.6 Å². The molecule has 0 bridgehead atoms. The molecule has 5 heteroatoms. The van der Waals surface area contributed by atoms with Gasteiger partial charge in [0.15, 0.2) is 4.87 Å². The third kappa shape index (κ3) is 2.68. The van der Waals surface area contributed by atoms with E-state index < -0.39 is 15.2 Å². The van der Waals surface area contributed by atoms with Gasteiger partial charge in [-0.1, -0.05) is 37.0 Å². The third-order valence-electron chi connectivity index (χ3n) is 2.11. The van der Waals surface area contributed by atoms with Crippen molar-refractivity contribution in [1.29, 1.82) is 0 Å². The zero-order valence-electron chi connectivity index (χ0n) is 8.57. The Balaban J connectivity index is 4.87. The van der Waals surface area contributed by atoms with E-state index in [1.165, 1.54) is 0 Å². The highest BCUT2D eigenvalue weighted by Crippen LogP contribution is 2.44. The minimum atomic E-state index is -1.36. The zero-order valence-corrected chi connectivity index (χ0v) is 10.8. The second kappa shape index (κ2) is 5.43. The van der Waals surface area contributed by atoms with Gasteiger partial charge in [-0.25, -0.2) is 0 Å². The Morgan fingerprint density at radius 2 is 1.64 bits per heavy atom. The Morgan fingerprint density at radius 1 is 1.14 bits per heavy atom. The molecule has 84 valence electrons. The van der Waals surface area contributed by atoms with E-state index in [2.05, 4.69) is 0 Å². The lowest BCUT2D eigenvalue weighted by molar-refractivity contribution is -0.147. The van der Waals surface area contributed by atoms with Gasteiger partial charge in [0.1, 0.15) is 4.33 Å². The number of esters is 1. The van der Waals surface area contributed by atoms with Crippen molar-refractivity contribution in [3.63, 3.8) is 0 Å². The topological polar surface area (TPSA) is 26.3 Å². The summed E-state index contributed by atoms with van der Waals surface area (Å²) in [6, 6.07) is 0. The van der Waals surface area contributed by atoms with Crippen molar-refractivity contribution in [3.05, 3.63) is 0 Å². The van der Waals surface area contributed by atoms with Gasteiger partial charge in [0, 0.05) is 0 Å². The van der Waals surface area contributed by atoms with Gasteiger partial charge < -0.3 is 4.74 Å². The number of carbonyl (C=O) groups is 1. The summed E-state index contributed by atoms with van der Waals surface area (Å²) in [7, 11) is 0. The molecule has 0 aliphatic carbocycles. The first-order valence-electron chi connectivity index (χ1n) is 4.59. The summed E-state index contributed by atoms with van der Waals surface area (Å²) in [5, 5.41) is 0. The lowest BCUT2D eigenvalue weighted by Gasteiger charge is -2.34. The van der Waals surface area contributed by atoms with Gasteiger partial charge in [0.05, 0.1) is 6.61 Å². The van der Waals surface area contributed by atoms with E-state index in [1.54, 1.807) is 20.8 Å². The van der Waals surface area contributed by atoms with Crippen LogP contribution in [0.5, 0.6) is 0 Å². The van der Waals surface area contributed by atoms with Crippen LogP contribution in [0.3, 0.4) is 0 Å². The molecule has 0 saturated carbocycles. The number of halogens is 3. The molecule has 0 radical (unpaired) electrons. The molecule has 0 amide bonds. The fraction of sp³-hybridized carbons (Fsp3) is 0.889. The van der Waals surface area contributed by atoms with E-state index in [1.807, 2.05) is 0 Å². The lowest BCUT2D eigenvalue weighted by atomic mass is 9.98. The van der Waals surface area contributed by atoms with Crippen LogP contribution in [0, 0.1) is 0 Å². The SMILES string of the molecule is CCOC(=O)C(Cl)(CC)C(Cl)(Cl)CC. The van der Waals surface area contributed by atoms with E-state index in [9.17, 15) is 4.79 Å². The fourth-order valence-corrected chi connectivity index (χ4v) is 1.69. The van der Waals surface area contributed by atoms with E-state index in [0.717, 1.165) is 0 Å². The van der Waals surface area contributed by atoms with E-state index in [0.29, 0.717) is 12.8 Å². The van der Waals surface area contributed by atoms with Crippen LogP contribution in [0.1, 0.15) is 33.6 Å². The second-order valence-electron chi connectivity index (χ2n) is 2.93. The van der Waals surface area contributed by atoms with Crippen LogP contribution < -0.4 is 0 Å². The first kappa shape index (κ1) is 14.3. The summed E-state index contributed by atoms with van der Waals surface area (Å²) in [5.41, 5.74) is 0. The maximum Gasteiger partial charge on any atom is 0.330 e. The summed E-state index contributed by atoms with van der Waals surface area (Å²) < 4.78 is 3.55.